The molecule has 1 saturated carbocycles. The lowest BCUT2D eigenvalue weighted by Crippen LogP contribution is -2.30. The molecule has 0 bridgehead atoms. The number of aromatic nitrogens is 2. The van der Waals surface area contributed by atoms with Crippen LogP contribution in [0.5, 0.6) is 0 Å². The van der Waals surface area contributed by atoms with E-state index < -0.39 is 5.97 Å². The van der Waals surface area contributed by atoms with Gasteiger partial charge in [-0.05, 0) is 37.0 Å². The highest BCUT2D eigenvalue weighted by atomic mass is 35.5. The molecule has 1 aliphatic carbocycles. The summed E-state index contributed by atoms with van der Waals surface area (Å²) >= 11 is 6.06. The molecule has 0 spiro atoms. The van der Waals surface area contributed by atoms with Crippen LogP contribution in [0.1, 0.15) is 18.5 Å². The van der Waals surface area contributed by atoms with Crippen molar-refractivity contribution < 1.29 is 14.3 Å². The van der Waals surface area contributed by atoms with E-state index in [1.807, 2.05) is 18.2 Å². The van der Waals surface area contributed by atoms with Gasteiger partial charge in [-0.3, -0.25) is 9.20 Å². The molecule has 1 aliphatic rings. The van der Waals surface area contributed by atoms with Crippen LogP contribution in [0.15, 0.2) is 30.5 Å². The fourth-order valence-electron chi connectivity index (χ4n) is 2.10. The number of carbonyl (C=O) groups excluding carboxylic acids is 2. The molecule has 2 aromatic rings. The lowest BCUT2D eigenvalue weighted by molar-refractivity contribution is -0.143. The number of fused-ring (bicyclic) bond motifs is 1. The molecule has 1 fully saturated rings. The summed E-state index contributed by atoms with van der Waals surface area (Å²) in [5.74, 6) is -0.299. The van der Waals surface area contributed by atoms with Crippen molar-refractivity contribution >= 4 is 35.2 Å². The van der Waals surface area contributed by atoms with Gasteiger partial charge >= 0.3 is 5.97 Å². The van der Waals surface area contributed by atoms with Crippen LogP contribution in [0.2, 0.25) is 5.15 Å². The lowest BCUT2D eigenvalue weighted by atomic mass is 10.4. The van der Waals surface area contributed by atoms with Crippen molar-refractivity contribution in [3.63, 3.8) is 0 Å². The van der Waals surface area contributed by atoms with E-state index >= 15 is 0 Å². The quantitative estimate of drug-likeness (QED) is 0.649. The maximum absolute atomic E-state index is 11.7. The summed E-state index contributed by atoms with van der Waals surface area (Å²) in [4.78, 5) is 27.3. The first-order chi connectivity index (χ1) is 11.1. The predicted octanol–water partition coefficient (Wildman–Crippen LogP) is 2.07. The molecule has 0 unspecified atom stereocenters. The zero-order valence-electron chi connectivity index (χ0n) is 12.4. The Kier molecular flexibility index (Phi) is 4.62. The van der Waals surface area contributed by atoms with Crippen molar-refractivity contribution in [1.82, 2.24) is 14.7 Å². The molecule has 2 heterocycles. The van der Waals surface area contributed by atoms with E-state index in [0.717, 1.165) is 12.8 Å². The zero-order valence-corrected chi connectivity index (χ0v) is 13.1. The van der Waals surface area contributed by atoms with Crippen molar-refractivity contribution in [3.8, 4) is 0 Å². The second kappa shape index (κ2) is 6.83. The second-order valence-electron chi connectivity index (χ2n) is 5.41. The third-order valence-corrected chi connectivity index (χ3v) is 3.81. The molecule has 0 saturated heterocycles. The predicted molar refractivity (Wildman–Crippen MR) is 85.9 cm³/mol. The van der Waals surface area contributed by atoms with E-state index in [-0.39, 0.29) is 12.5 Å². The summed E-state index contributed by atoms with van der Waals surface area (Å²) in [6.07, 6.45) is 6.86. The van der Waals surface area contributed by atoms with E-state index in [0.29, 0.717) is 29.0 Å². The number of rotatable bonds is 6. The van der Waals surface area contributed by atoms with E-state index in [9.17, 15) is 9.59 Å². The van der Waals surface area contributed by atoms with E-state index in [4.69, 9.17) is 16.3 Å². The van der Waals surface area contributed by atoms with Gasteiger partial charge in [-0.15, -0.1) is 0 Å². The number of amides is 1. The summed E-state index contributed by atoms with van der Waals surface area (Å²) in [5.41, 5.74) is 1.27. The Labute approximate surface area is 138 Å². The molecule has 6 nitrogen and oxygen atoms in total. The molecule has 7 heteroatoms. The van der Waals surface area contributed by atoms with Gasteiger partial charge in [0.05, 0.1) is 5.69 Å². The molecule has 0 aromatic carbocycles. The molecule has 2 aromatic heterocycles. The highest BCUT2D eigenvalue weighted by Gasteiger charge is 2.21. The van der Waals surface area contributed by atoms with Crippen LogP contribution in [0.3, 0.4) is 0 Å². The smallest absolute Gasteiger partial charge is 0.331 e. The maximum atomic E-state index is 11.7. The first kappa shape index (κ1) is 15.6. The number of ether oxygens (including phenoxy) is 1. The van der Waals surface area contributed by atoms with Crippen LogP contribution in [0, 0.1) is 5.92 Å². The highest BCUT2D eigenvalue weighted by Crippen LogP contribution is 2.27. The number of carbonyl (C=O) groups is 2. The zero-order chi connectivity index (χ0) is 16.2. The fraction of sp³-hybridized carbons (Fsp3) is 0.312. The van der Waals surface area contributed by atoms with Crippen molar-refractivity contribution in [1.29, 1.82) is 0 Å². The van der Waals surface area contributed by atoms with Gasteiger partial charge in [0.1, 0.15) is 5.65 Å². The minimum absolute atomic E-state index is 0.281. The van der Waals surface area contributed by atoms with Crippen LogP contribution in [0.4, 0.5) is 0 Å². The van der Waals surface area contributed by atoms with Gasteiger partial charge in [0.2, 0.25) is 0 Å². The van der Waals surface area contributed by atoms with Crippen molar-refractivity contribution in [3.05, 3.63) is 41.3 Å². The van der Waals surface area contributed by atoms with Crippen LogP contribution < -0.4 is 5.32 Å². The number of halogens is 1. The Balaban J connectivity index is 1.54. The molecule has 0 atom stereocenters. The SMILES string of the molecule is O=C(COC(=O)/C=C/c1c(Cl)nc2ccccn12)NCC1CC1. The van der Waals surface area contributed by atoms with Gasteiger partial charge < -0.3 is 10.1 Å². The van der Waals surface area contributed by atoms with Crippen molar-refractivity contribution in [2.24, 2.45) is 5.92 Å². The van der Waals surface area contributed by atoms with E-state index in [2.05, 4.69) is 10.3 Å². The summed E-state index contributed by atoms with van der Waals surface area (Å²) in [7, 11) is 0. The summed E-state index contributed by atoms with van der Waals surface area (Å²) in [6.45, 7) is 0.375. The molecule has 0 aliphatic heterocycles. The van der Waals surface area contributed by atoms with Gasteiger partial charge in [0.15, 0.2) is 11.8 Å². The largest absolute Gasteiger partial charge is 0.452 e. The van der Waals surface area contributed by atoms with Crippen LogP contribution >= 0.6 is 11.6 Å². The Morgan fingerprint density at radius 1 is 1.43 bits per heavy atom. The van der Waals surface area contributed by atoms with Gasteiger partial charge in [-0.25, -0.2) is 9.78 Å². The number of esters is 1. The first-order valence-electron chi connectivity index (χ1n) is 7.37. The average Bonchev–Trinajstić information content (AvgIpc) is 3.31. The third kappa shape index (κ3) is 4.10. The highest BCUT2D eigenvalue weighted by molar-refractivity contribution is 6.31. The Bertz CT molecular complexity index is 765. The van der Waals surface area contributed by atoms with E-state index in [1.54, 1.807) is 10.6 Å². The maximum Gasteiger partial charge on any atom is 0.331 e. The van der Waals surface area contributed by atoms with Crippen molar-refractivity contribution in [2.45, 2.75) is 12.8 Å². The molecule has 1 N–H and O–H groups in total. The molecule has 120 valence electrons. The van der Waals surface area contributed by atoms with Crippen LogP contribution in [-0.4, -0.2) is 34.4 Å². The number of hydrogen-bond donors (Lipinski definition) is 1. The summed E-state index contributed by atoms with van der Waals surface area (Å²) in [5, 5.41) is 3.02. The third-order valence-electron chi connectivity index (χ3n) is 3.53. The second-order valence-corrected chi connectivity index (χ2v) is 5.76. The molecular formula is C16H16ClN3O3. The van der Waals surface area contributed by atoms with E-state index in [1.165, 1.54) is 12.2 Å². The number of imidazole rings is 1. The molecule has 3 rings (SSSR count). The van der Waals surface area contributed by atoms with Gasteiger partial charge in [-0.1, -0.05) is 17.7 Å². The Morgan fingerprint density at radius 3 is 3.04 bits per heavy atom. The lowest BCUT2D eigenvalue weighted by Gasteiger charge is -2.03. The standard InChI is InChI=1S/C16H16ClN3O3/c17-16-12(20-8-2-1-3-13(20)19-16)6-7-15(22)23-10-14(21)18-9-11-4-5-11/h1-3,6-8,11H,4-5,9-10H2,(H,18,21)/b7-6+. The van der Waals surface area contributed by atoms with Gasteiger partial charge in [0.25, 0.3) is 5.91 Å². The Morgan fingerprint density at radius 2 is 2.26 bits per heavy atom. The van der Waals surface area contributed by atoms with Crippen molar-refractivity contribution in [2.75, 3.05) is 13.2 Å². The number of nitrogens with one attached hydrogen (secondary N) is 1. The number of hydrogen-bond acceptors (Lipinski definition) is 4. The molecule has 1 amide bonds. The van der Waals surface area contributed by atoms with Crippen LogP contribution in [0.25, 0.3) is 11.7 Å². The number of nitrogens with zero attached hydrogens (tertiary/aromatic N) is 2. The summed E-state index contributed by atoms with van der Waals surface area (Å²) < 4.78 is 6.65. The topological polar surface area (TPSA) is 72.7 Å². The fourth-order valence-corrected chi connectivity index (χ4v) is 2.34. The molecule has 0 radical (unpaired) electrons. The molecular weight excluding hydrogens is 318 g/mol. The van der Waals surface area contributed by atoms with Gasteiger partial charge in [-0.2, -0.15) is 0 Å². The Hall–Kier alpha value is -2.34. The average molecular weight is 334 g/mol. The number of pyridine rings is 1. The first-order valence-corrected chi connectivity index (χ1v) is 7.75. The monoisotopic (exact) mass is 333 g/mol. The van der Waals surface area contributed by atoms with Crippen LogP contribution in [-0.2, 0) is 14.3 Å². The summed E-state index contributed by atoms with van der Waals surface area (Å²) in [6, 6.07) is 5.50. The molecule has 23 heavy (non-hydrogen) atoms. The van der Waals surface area contributed by atoms with Gasteiger partial charge in [0, 0.05) is 18.8 Å². The minimum Gasteiger partial charge on any atom is -0.452 e. The minimum atomic E-state index is -0.603. The normalized spacial score (nSPS) is 14.3.